The Hall–Kier alpha value is -3.04. The molecule has 7 nitrogen and oxygen atoms in total. The predicted octanol–water partition coefficient (Wildman–Crippen LogP) is 3.37. The lowest BCUT2D eigenvalue weighted by atomic mass is 10.1. The first-order valence-electron chi connectivity index (χ1n) is 8.68. The smallest absolute Gasteiger partial charge is 0.335 e. The molecule has 2 aromatic carbocycles. The summed E-state index contributed by atoms with van der Waals surface area (Å²) in [6, 6.07) is 14.4. The molecule has 0 radical (unpaired) electrons. The van der Waals surface area contributed by atoms with E-state index in [2.05, 4.69) is 31.2 Å². The highest BCUT2D eigenvalue weighted by atomic mass is 79.9. The summed E-state index contributed by atoms with van der Waals surface area (Å²) in [4.78, 5) is 30.9. The van der Waals surface area contributed by atoms with Gasteiger partial charge in [-0.1, -0.05) is 41.1 Å². The van der Waals surface area contributed by atoms with Crippen LogP contribution < -0.4 is 16.6 Å². The lowest BCUT2D eigenvalue weighted by Crippen LogP contribution is -2.32. The largest absolute Gasteiger partial charge is 0.493 e. The van der Waals surface area contributed by atoms with E-state index in [-0.39, 0.29) is 10.7 Å². The van der Waals surface area contributed by atoms with Gasteiger partial charge in [0.2, 0.25) is 5.88 Å². The van der Waals surface area contributed by atoms with Crippen molar-refractivity contribution in [3.8, 4) is 11.6 Å². The van der Waals surface area contributed by atoms with Crippen LogP contribution in [0, 0.1) is 0 Å². The van der Waals surface area contributed by atoms with Gasteiger partial charge in [-0.15, -0.1) is 0 Å². The minimum Gasteiger partial charge on any atom is -0.493 e. The van der Waals surface area contributed by atoms with Gasteiger partial charge in [-0.2, -0.15) is 0 Å². The van der Waals surface area contributed by atoms with Crippen molar-refractivity contribution in [3.05, 3.63) is 85.0 Å². The van der Waals surface area contributed by atoms with Gasteiger partial charge in [0.25, 0.3) is 5.56 Å². The van der Waals surface area contributed by atoms with Gasteiger partial charge in [0.05, 0.1) is 5.69 Å². The number of para-hydroxylation sites is 1. The fourth-order valence-corrected chi connectivity index (χ4v) is 3.31. The third kappa shape index (κ3) is 4.69. The first-order valence-corrected chi connectivity index (χ1v) is 9.88. The number of hydrogen-bond acceptors (Lipinski definition) is 4. The summed E-state index contributed by atoms with van der Waals surface area (Å²) < 4.78 is 1.89. The molecule has 9 heteroatoms. The van der Waals surface area contributed by atoms with Crippen LogP contribution in [0.2, 0.25) is 0 Å². The quantitative estimate of drug-likeness (QED) is 0.399. The van der Waals surface area contributed by atoms with Crippen molar-refractivity contribution in [2.24, 2.45) is 4.99 Å². The molecule has 0 atom stereocenters. The van der Waals surface area contributed by atoms with E-state index in [1.807, 2.05) is 43.3 Å². The molecule has 3 aromatic rings. The Morgan fingerprint density at radius 3 is 2.69 bits per heavy atom. The van der Waals surface area contributed by atoms with Crippen molar-refractivity contribution in [1.29, 1.82) is 0 Å². The highest BCUT2D eigenvalue weighted by Gasteiger charge is 2.16. The molecule has 0 aliphatic rings. The van der Waals surface area contributed by atoms with E-state index in [9.17, 15) is 14.7 Å². The molecule has 0 aliphatic heterocycles. The third-order valence-corrected chi connectivity index (χ3v) is 4.82. The number of nitrogens with one attached hydrogen (secondary N) is 2. The summed E-state index contributed by atoms with van der Waals surface area (Å²) in [7, 11) is 0. The molecule has 1 aromatic heterocycles. The average molecular weight is 473 g/mol. The molecule has 29 heavy (non-hydrogen) atoms. The van der Waals surface area contributed by atoms with Gasteiger partial charge in [-0.25, -0.2) is 14.4 Å². The number of aliphatic imine (C=N–C) groups is 1. The second-order valence-electron chi connectivity index (χ2n) is 6.01. The normalized spacial score (nSPS) is 11.0. The maximum atomic E-state index is 12.4. The second kappa shape index (κ2) is 8.97. The second-order valence-corrected chi connectivity index (χ2v) is 7.32. The fraction of sp³-hybridized carbons (Fsp3) is 0.100. The number of aryl methyl sites for hydroxylation is 1. The van der Waals surface area contributed by atoms with Crippen molar-refractivity contribution in [3.63, 3.8) is 0 Å². The van der Waals surface area contributed by atoms with Gasteiger partial charge in [-0.05, 0) is 54.5 Å². The molecular formula is C20H17BrN4O3S. The van der Waals surface area contributed by atoms with E-state index >= 15 is 0 Å². The topological polar surface area (TPSA) is 99.5 Å². The Morgan fingerprint density at radius 1 is 1.28 bits per heavy atom. The molecule has 1 heterocycles. The summed E-state index contributed by atoms with van der Waals surface area (Å²) in [6.07, 6.45) is 1.75. The standard InChI is InChI=1S/C20H17BrN4O3S/c1-2-12-10-13(21)8-9-16(12)25-18(27)15(17(26)24-20(25)28)11-22-19(29)23-14-6-4-3-5-7-14/h3-11,27H,2H2,1H3,(H,23,29)(H,24,26,28). The summed E-state index contributed by atoms with van der Waals surface area (Å²) in [5.74, 6) is -0.512. The van der Waals surface area contributed by atoms with E-state index in [1.54, 1.807) is 12.1 Å². The number of anilines is 1. The zero-order valence-corrected chi connectivity index (χ0v) is 17.8. The molecule has 0 fully saturated rings. The lowest BCUT2D eigenvalue weighted by molar-refractivity contribution is 0.429. The Balaban J connectivity index is 2.01. The first kappa shape index (κ1) is 20.7. The van der Waals surface area contributed by atoms with Gasteiger partial charge in [-0.3, -0.25) is 9.78 Å². The number of aromatic hydroxyl groups is 1. The Bertz CT molecular complexity index is 1200. The molecule has 148 valence electrons. The zero-order chi connectivity index (χ0) is 21.0. The van der Waals surface area contributed by atoms with Crippen molar-refractivity contribution in [1.82, 2.24) is 9.55 Å². The fourth-order valence-electron chi connectivity index (χ4n) is 2.73. The van der Waals surface area contributed by atoms with E-state index < -0.39 is 17.1 Å². The molecule has 3 rings (SSSR count). The van der Waals surface area contributed by atoms with Gasteiger partial charge >= 0.3 is 5.69 Å². The van der Waals surface area contributed by atoms with Crippen molar-refractivity contribution in [2.75, 3.05) is 5.32 Å². The van der Waals surface area contributed by atoms with Crippen LogP contribution >= 0.6 is 28.1 Å². The van der Waals surface area contributed by atoms with Crippen LogP contribution in [0.5, 0.6) is 5.88 Å². The van der Waals surface area contributed by atoms with E-state index in [1.165, 1.54) is 0 Å². The van der Waals surface area contributed by atoms with Crippen LogP contribution in [-0.4, -0.2) is 26.0 Å². The Kier molecular flexibility index (Phi) is 6.40. The molecule has 3 N–H and O–H groups in total. The molecule has 0 amide bonds. The average Bonchev–Trinajstić information content (AvgIpc) is 2.69. The number of hydrogen-bond donors (Lipinski definition) is 3. The highest BCUT2D eigenvalue weighted by molar-refractivity contribution is 9.10. The van der Waals surface area contributed by atoms with E-state index in [0.29, 0.717) is 12.1 Å². The number of benzene rings is 2. The van der Waals surface area contributed by atoms with Crippen LogP contribution in [0.3, 0.4) is 0 Å². The van der Waals surface area contributed by atoms with Crippen LogP contribution in [-0.2, 0) is 6.42 Å². The van der Waals surface area contributed by atoms with Gasteiger partial charge in [0.15, 0.2) is 5.11 Å². The molecule has 0 bridgehead atoms. The van der Waals surface area contributed by atoms with Gasteiger partial charge in [0.1, 0.15) is 5.56 Å². The number of nitrogens with zero attached hydrogens (tertiary/aromatic N) is 2. The highest BCUT2D eigenvalue weighted by Crippen LogP contribution is 2.23. The van der Waals surface area contributed by atoms with E-state index in [4.69, 9.17) is 12.2 Å². The minimum absolute atomic E-state index is 0.102. The number of aromatic amines is 1. The summed E-state index contributed by atoms with van der Waals surface area (Å²) in [5.41, 5.74) is 0.339. The number of rotatable bonds is 4. The van der Waals surface area contributed by atoms with Crippen molar-refractivity contribution >= 4 is 45.2 Å². The number of halogens is 1. The summed E-state index contributed by atoms with van der Waals surface area (Å²) >= 11 is 8.54. The lowest BCUT2D eigenvalue weighted by Gasteiger charge is -2.13. The summed E-state index contributed by atoms with van der Waals surface area (Å²) in [5, 5.41) is 13.7. The SMILES string of the molecule is CCc1cc(Br)ccc1-n1c(O)c(C=NC(=S)Nc2ccccc2)c(=O)[nH]c1=O. The number of thiocarbonyl (C=S) groups is 1. The van der Waals surface area contributed by atoms with E-state index in [0.717, 1.165) is 26.5 Å². The van der Waals surface area contributed by atoms with Crippen molar-refractivity contribution in [2.45, 2.75) is 13.3 Å². The summed E-state index contributed by atoms with van der Waals surface area (Å²) in [6.45, 7) is 1.93. The van der Waals surface area contributed by atoms with Crippen LogP contribution in [0.4, 0.5) is 5.69 Å². The van der Waals surface area contributed by atoms with Gasteiger partial charge in [0, 0.05) is 16.4 Å². The molecule has 0 unspecified atom stereocenters. The molecule has 0 saturated heterocycles. The number of aromatic nitrogens is 2. The Morgan fingerprint density at radius 2 is 2.00 bits per heavy atom. The molecule has 0 aliphatic carbocycles. The van der Waals surface area contributed by atoms with Crippen LogP contribution in [0.25, 0.3) is 5.69 Å². The van der Waals surface area contributed by atoms with Gasteiger partial charge < -0.3 is 10.4 Å². The molecule has 0 spiro atoms. The third-order valence-electron chi connectivity index (χ3n) is 4.12. The van der Waals surface area contributed by atoms with Crippen LogP contribution in [0.15, 0.2) is 67.6 Å². The predicted molar refractivity (Wildman–Crippen MR) is 122 cm³/mol. The van der Waals surface area contributed by atoms with Crippen LogP contribution in [0.1, 0.15) is 18.1 Å². The maximum Gasteiger partial charge on any atom is 0.335 e. The number of H-pyrrole nitrogens is 1. The maximum absolute atomic E-state index is 12.4. The monoisotopic (exact) mass is 472 g/mol. The zero-order valence-electron chi connectivity index (χ0n) is 15.3. The minimum atomic E-state index is -0.759. The van der Waals surface area contributed by atoms with Crippen molar-refractivity contribution < 1.29 is 5.11 Å². The molecular weight excluding hydrogens is 456 g/mol. The molecule has 0 saturated carbocycles. The first-order chi connectivity index (χ1) is 13.9. The Labute approximate surface area is 179 Å².